The standard InChI is InChI=1S/C29H31NO3/c1-19-26(29(32)33-23-15-9-4-10-16-23)27(21-13-7-3-8-14-21)28-24(30-19)17-22(18-25(28)31)20-11-5-2-6-12-20/h2-3,5-8,11-14,22-23,27,30H,4,9-10,15-18H2,1H3/t22-,27-/m1/s1. The number of ketones is 1. The second-order valence-electron chi connectivity index (χ2n) is 9.50. The average Bonchev–Trinajstić information content (AvgIpc) is 2.84. The number of hydrogen-bond donors (Lipinski definition) is 1. The lowest BCUT2D eigenvalue weighted by molar-refractivity contribution is -0.146. The Morgan fingerprint density at radius 1 is 0.879 bits per heavy atom. The van der Waals surface area contributed by atoms with Gasteiger partial charge in [0.2, 0.25) is 0 Å². The maximum absolute atomic E-state index is 13.6. The van der Waals surface area contributed by atoms with Gasteiger partial charge in [-0.25, -0.2) is 4.79 Å². The number of benzene rings is 2. The van der Waals surface area contributed by atoms with E-state index in [4.69, 9.17) is 4.74 Å². The maximum Gasteiger partial charge on any atom is 0.337 e. The van der Waals surface area contributed by atoms with Gasteiger partial charge in [-0.15, -0.1) is 0 Å². The van der Waals surface area contributed by atoms with Crippen molar-refractivity contribution in [3.8, 4) is 0 Å². The second kappa shape index (κ2) is 9.38. The van der Waals surface area contributed by atoms with E-state index in [0.717, 1.165) is 54.6 Å². The van der Waals surface area contributed by atoms with E-state index in [1.54, 1.807) is 0 Å². The van der Waals surface area contributed by atoms with Gasteiger partial charge in [0, 0.05) is 29.3 Å². The lowest BCUT2D eigenvalue weighted by Crippen LogP contribution is -2.37. The Balaban J connectivity index is 1.51. The predicted molar refractivity (Wildman–Crippen MR) is 128 cm³/mol. The third-order valence-electron chi connectivity index (χ3n) is 7.28. The highest BCUT2D eigenvalue weighted by Gasteiger charge is 2.41. The molecule has 0 saturated heterocycles. The van der Waals surface area contributed by atoms with Crippen molar-refractivity contribution in [1.29, 1.82) is 0 Å². The first-order valence-corrected chi connectivity index (χ1v) is 12.2. The smallest absolute Gasteiger partial charge is 0.337 e. The number of allylic oxidation sites excluding steroid dienone is 3. The van der Waals surface area contributed by atoms with Crippen molar-refractivity contribution in [2.24, 2.45) is 0 Å². The second-order valence-corrected chi connectivity index (χ2v) is 9.50. The fourth-order valence-electron chi connectivity index (χ4n) is 5.65. The number of carbonyl (C=O) groups excluding carboxylic acids is 2. The molecule has 0 aromatic heterocycles. The van der Waals surface area contributed by atoms with E-state index < -0.39 is 0 Å². The highest BCUT2D eigenvalue weighted by Crippen LogP contribution is 2.45. The molecule has 0 spiro atoms. The van der Waals surface area contributed by atoms with Gasteiger partial charge < -0.3 is 10.1 Å². The van der Waals surface area contributed by atoms with Crippen LogP contribution in [0.25, 0.3) is 0 Å². The molecule has 2 aromatic carbocycles. The molecule has 1 saturated carbocycles. The number of rotatable bonds is 4. The zero-order valence-electron chi connectivity index (χ0n) is 19.2. The summed E-state index contributed by atoms with van der Waals surface area (Å²) >= 11 is 0. The summed E-state index contributed by atoms with van der Waals surface area (Å²) in [6.45, 7) is 1.94. The minimum absolute atomic E-state index is 0.0251. The van der Waals surface area contributed by atoms with Gasteiger partial charge in [0.25, 0.3) is 0 Å². The van der Waals surface area contributed by atoms with E-state index in [0.29, 0.717) is 12.0 Å². The van der Waals surface area contributed by atoms with Crippen molar-refractivity contribution in [1.82, 2.24) is 5.32 Å². The van der Waals surface area contributed by atoms with Gasteiger partial charge in [0.1, 0.15) is 6.10 Å². The number of esters is 1. The summed E-state index contributed by atoms with van der Waals surface area (Å²) < 4.78 is 5.99. The van der Waals surface area contributed by atoms with Crippen molar-refractivity contribution in [3.05, 3.63) is 94.3 Å². The van der Waals surface area contributed by atoms with Crippen LogP contribution in [0.4, 0.5) is 0 Å². The number of Topliss-reactive ketones (excluding diaryl/α,β-unsaturated/α-hetero) is 1. The molecule has 2 aliphatic carbocycles. The summed E-state index contributed by atoms with van der Waals surface area (Å²) in [7, 11) is 0. The molecule has 2 atom stereocenters. The average molecular weight is 442 g/mol. The normalized spacial score (nSPS) is 23.7. The molecule has 170 valence electrons. The maximum atomic E-state index is 13.6. The number of hydrogen-bond acceptors (Lipinski definition) is 4. The van der Waals surface area contributed by atoms with Gasteiger partial charge in [0.05, 0.1) is 5.57 Å². The Hall–Kier alpha value is -3.14. The molecule has 0 amide bonds. The van der Waals surface area contributed by atoms with E-state index in [1.165, 1.54) is 12.0 Å². The van der Waals surface area contributed by atoms with Gasteiger partial charge in [-0.2, -0.15) is 0 Å². The van der Waals surface area contributed by atoms with Crippen molar-refractivity contribution in [2.75, 3.05) is 0 Å². The Morgan fingerprint density at radius 3 is 2.18 bits per heavy atom. The van der Waals surface area contributed by atoms with E-state index in [2.05, 4.69) is 17.4 Å². The third kappa shape index (κ3) is 4.39. The van der Waals surface area contributed by atoms with Crippen molar-refractivity contribution < 1.29 is 14.3 Å². The number of nitrogens with one attached hydrogen (secondary N) is 1. The van der Waals surface area contributed by atoms with Crippen LogP contribution < -0.4 is 5.32 Å². The van der Waals surface area contributed by atoms with E-state index in [1.807, 2.05) is 55.5 Å². The lowest BCUT2D eigenvalue weighted by atomic mass is 9.72. The van der Waals surface area contributed by atoms with Crippen LogP contribution in [0.5, 0.6) is 0 Å². The highest BCUT2D eigenvalue weighted by molar-refractivity contribution is 6.04. The topological polar surface area (TPSA) is 55.4 Å². The molecule has 0 bridgehead atoms. The molecular weight excluding hydrogens is 410 g/mol. The van der Waals surface area contributed by atoms with Crippen LogP contribution in [0.2, 0.25) is 0 Å². The molecule has 0 radical (unpaired) electrons. The molecule has 5 rings (SSSR count). The molecule has 4 heteroatoms. The monoisotopic (exact) mass is 441 g/mol. The molecule has 2 aromatic rings. The quantitative estimate of drug-likeness (QED) is 0.598. The van der Waals surface area contributed by atoms with Crippen molar-refractivity contribution in [2.45, 2.75) is 69.8 Å². The summed E-state index contributed by atoms with van der Waals surface area (Å²) in [5.74, 6) is -0.417. The largest absolute Gasteiger partial charge is 0.459 e. The van der Waals surface area contributed by atoms with Gasteiger partial charge in [-0.3, -0.25) is 4.79 Å². The SMILES string of the molecule is CC1=C(C(=O)OC2CCCCC2)[C@@H](c2ccccc2)C2=C(C[C@@H](c3ccccc3)CC2=O)N1. The zero-order chi connectivity index (χ0) is 22.8. The third-order valence-corrected chi connectivity index (χ3v) is 7.28. The summed E-state index contributed by atoms with van der Waals surface area (Å²) in [5.41, 5.74) is 5.20. The van der Waals surface area contributed by atoms with Gasteiger partial charge in [0.15, 0.2) is 5.78 Å². The van der Waals surface area contributed by atoms with E-state index >= 15 is 0 Å². The summed E-state index contributed by atoms with van der Waals surface area (Å²) in [5, 5.41) is 3.45. The lowest BCUT2D eigenvalue weighted by Gasteiger charge is -2.37. The number of dihydropyridines is 1. The fraction of sp³-hybridized carbons (Fsp3) is 0.379. The molecule has 3 aliphatic rings. The summed E-state index contributed by atoms with van der Waals surface area (Å²) in [6, 6.07) is 20.2. The first-order chi connectivity index (χ1) is 16.1. The van der Waals surface area contributed by atoms with Crippen molar-refractivity contribution in [3.63, 3.8) is 0 Å². The minimum atomic E-state index is -0.386. The Morgan fingerprint density at radius 2 is 1.52 bits per heavy atom. The molecule has 1 heterocycles. The van der Waals surface area contributed by atoms with Crippen LogP contribution in [0, 0.1) is 0 Å². The van der Waals surface area contributed by atoms with Crippen LogP contribution in [-0.2, 0) is 14.3 Å². The van der Waals surface area contributed by atoms with Gasteiger partial charge >= 0.3 is 5.97 Å². The van der Waals surface area contributed by atoms with E-state index in [-0.39, 0.29) is 29.7 Å². The van der Waals surface area contributed by atoms with Crippen LogP contribution in [0.15, 0.2) is 83.2 Å². The Labute approximate surface area is 195 Å². The molecule has 4 nitrogen and oxygen atoms in total. The molecule has 0 unspecified atom stereocenters. The molecule has 1 N–H and O–H groups in total. The summed E-state index contributed by atoms with van der Waals surface area (Å²) in [4.78, 5) is 27.1. The van der Waals surface area contributed by atoms with Gasteiger partial charge in [-0.05, 0) is 56.1 Å². The molecular formula is C29H31NO3. The van der Waals surface area contributed by atoms with Crippen LogP contribution in [0.1, 0.15) is 74.8 Å². The first kappa shape index (κ1) is 21.7. The summed E-state index contributed by atoms with van der Waals surface area (Å²) in [6.07, 6.45) is 6.45. The molecule has 33 heavy (non-hydrogen) atoms. The van der Waals surface area contributed by atoms with Gasteiger partial charge in [-0.1, -0.05) is 67.1 Å². The van der Waals surface area contributed by atoms with E-state index in [9.17, 15) is 9.59 Å². The van der Waals surface area contributed by atoms with Crippen molar-refractivity contribution >= 4 is 11.8 Å². The fourth-order valence-corrected chi connectivity index (χ4v) is 5.65. The Bertz CT molecular complexity index is 1090. The van der Waals surface area contributed by atoms with Crippen LogP contribution in [0.3, 0.4) is 0 Å². The first-order valence-electron chi connectivity index (χ1n) is 12.2. The molecule has 1 fully saturated rings. The Kier molecular flexibility index (Phi) is 6.17. The zero-order valence-corrected chi connectivity index (χ0v) is 19.2. The molecule has 1 aliphatic heterocycles. The van der Waals surface area contributed by atoms with Crippen LogP contribution in [-0.4, -0.2) is 17.9 Å². The minimum Gasteiger partial charge on any atom is -0.459 e. The van der Waals surface area contributed by atoms with Crippen LogP contribution >= 0.6 is 0 Å². The number of ether oxygens (including phenoxy) is 1. The number of carbonyl (C=O) groups is 2. The highest BCUT2D eigenvalue weighted by atomic mass is 16.5. The predicted octanol–water partition coefficient (Wildman–Crippen LogP) is 5.92.